The fourth-order valence-electron chi connectivity index (χ4n) is 3.58. The van der Waals surface area contributed by atoms with E-state index in [1.807, 2.05) is 0 Å². The highest BCUT2D eigenvalue weighted by Gasteiger charge is 2.53. The van der Waals surface area contributed by atoms with Crippen molar-refractivity contribution in [1.29, 1.82) is 0 Å². The van der Waals surface area contributed by atoms with Crippen LogP contribution >= 0.6 is 0 Å². The van der Waals surface area contributed by atoms with Gasteiger partial charge in [0.15, 0.2) is 24.6 Å². The summed E-state index contributed by atoms with van der Waals surface area (Å²) in [6, 6.07) is 8.21. The smallest absolute Gasteiger partial charge is 0.338 e. The molecule has 0 radical (unpaired) electrons. The molecule has 35 heavy (non-hydrogen) atoms. The van der Waals surface area contributed by atoms with Gasteiger partial charge in [0, 0.05) is 7.11 Å². The number of hydrogen-bond donors (Lipinski definition) is 1. The average molecular weight is 491 g/mol. The minimum atomic E-state index is -1.31. The first kappa shape index (κ1) is 28.2. The number of esters is 3. The summed E-state index contributed by atoms with van der Waals surface area (Å²) in [5.74, 6) is -3.06. The predicted octanol–water partition coefficient (Wildman–Crippen LogP) is 2.82. The Morgan fingerprint density at radius 3 is 1.97 bits per heavy atom. The topological polar surface area (TPSA) is 118 Å². The highest BCUT2D eigenvalue weighted by molar-refractivity contribution is 5.89. The zero-order chi connectivity index (χ0) is 26.0. The Kier molecular flexibility index (Phi) is 11.1. The van der Waals surface area contributed by atoms with Crippen LogP contribution in [0.1, 0.15) is 37.0 Å². The van der Waals surface area contributed by atoms with Crippen molar-refractivity contribution in [3.63, 3.8) is 0 Å². The van der Waals surface area contributed by atoms with Crippen LogP contribution in [-0.2, 0) is 33.3 Å². The van der Waals surface area contributed by atoms with Gasteiger partial charge in [-0.1, -0.05) is 44.2 Å². The van der Waals surface area contributed by atoms with Gasteiger partial charge in [-0.25, -0.2) is 4.79 Å². The fraction of sp³-hybridized carbons (Fsp3) is 0.500. The first-order valence-corrected chi connectivity index (χ1v) is 11.4. The molecule has 1 aromatic carbocycles. The van der Waals surface area contributed by atoms with Gasteiger partial charge in [0.2, 0.25) is 0 Å². The zero-order valence-corrected chi connectivity index (χ0v) is 20.3. The summed E-state index contributed by atoms with van der Waals surface area (Å²) < 4.78 is 28.2. The maximum absolute atomic E-state index is 12.9. The van der Waals surface area contributed by atoms with Crippen molar-refractivity contribution in [3.8, 4) is 0 Å². The minimum Gasteiger partial charge on any atom is -0.455 e. The molecule has 0 bridgehead atoms. The quantitative estimate of drug-likeness (QED) is 0.268. The van der Waals surface area contributed by atoms with E-state index in [4.69, 9.17) is 23.7 Å². The number of aliphatic hydroxyl groups is 1. The molecule has 1 fully saturated rings. The van der Waals surface area contributed by atoms with Gasteiger partial charge in [-0.15, -0.1) is 13.2 Å². The lowest BCUT2D eigenvalue weighted by molar-refractivity contribution is -0.299. The van der Waals surface area contributed by atoms with E-state index in [2.05, 4.69) is 13.2 Å². The van der Waals surface area contributed by atoms with Crippen LogP contribution in [0.15, 0.2) is 55.6 Å². The number of rotatable bonds is 12. The SMILES string of the molecule is C=CC[C@@H](C)C(=O)O[C@H]1[C@@H](OC(=O)[C@H](C)CC=C)[C@@H](CO)O[C@H](OC)[C@@H]1OC(=O)c1ccccc1. The molecular formula is C26H34O9. The van der Waals surface area contributed by atoms with Crippen molar-refractivity contribution in [2.75, 3.05) is 13.7 Å². The predicted molar refractivity (Wildman–Crippen MR) is 126 cm³/mol. The van der Waals surface area contributed by atoms with Crippen LogP contribution < -0.4 is 0 Å². The van der Waals surface area contributed by atoms with E-state index in [0.717, 1.165) is 0 Å². The Morgan fingerprint density at radius 1 is 0.943 bits per heavy atom. The maximum atomic E-state index is 12.9. The molecule has 7 atom stereocenters. The van der Waals surface area contributed by atoms with Crippen LogP contribution in [0.4, 0.5) is 0 Å². The van der Waals surface area contributed by atoms with Crippen LogP contribution in [0.5, 0.6) is 0 Å². The number of carbonyl (C=O) groups is 3. The van der Waals surface area contributed by atoms with E-state index in [1.54, 1.807) is 56.3 Å². The largest absolute Gasteiger partial charge is 0.455 e. The van der Waals surface area contributed by atoms with Crippen molar-refractivity contribution in [3.05, 3.63) is 61.2 Å². The summed E-state index contributed by atoms with van der Waals surface area (Å²) in [4.78, 5) is 38.4. The summed E-state index contributed by atoms with van der Waals surface area (Å²) in [6.45, 7) is 9.99. The molecule has 1 heterocycles. The Labute approximate surface area is 205 Å². The molecule has 9 heteroatoms. The molecule has 1 N–H and O–H groups in total. The van der Waals surface area contributed by atoms with Crippen molar-refractivity contribution in [2.45, 2.75) is 57.4 Å². The molecule has 0 saturated carbocycles. The second-order valence-electron chi connectivity index (χ2n) is 8.35. The highest BCUT2D eigenvalue weighted by atomic mass is 16.7. The van der Waals surface area contributed by atoms with Crippen LogP contribution in [0, 0.1) is 11.8 Å². The van der Waals surface area contributed by atoms with Crippen LogP contribution in [-0.4, -0.2) is 67.4 Å². The summed E-state index contributed by atoms with van der Waals surface area (Å²) in [6.07, 6.45) is -2.32. The first-order valence-electron chi connectivity index (χ1n) is 11.4. The molecule has 0 unspecified atom stereocenters. The lowest BCUT2D eigenvalue weighted by Gasteiger charge is -2.44. The fourth-order valence-corrected chi connectivity index (χ4v) is 3.58. The first-order chi connectivity index (χ1) is 16.8. The molecule has 2 rings (SSSR count). The average Bonchev–Trinajstić information content (AvgIpc) is 2.86. The van der Waals surface area contributed by atoms with Gasteiger partial charge in [0.1, 0.15) is 6.10 Å². The highest BCUT2D eigenvalue weighted by Crippen LogP contribution is 2.31. The van der Waals surface area contributed by atoms with E-state index in [-0.39, 0.29) is 5.56 Å². The molecule has 9 nitrogen and oxygen atoms in total. The number of aliphatic hydroxyl groups excluding tert-OH is 1. The third-order valence-electron chi connectivity index (χ3n) is 5.61. The molecule has 192 valence electrons. The lowest BCUT2D eigenvalue weighted by atomic mass is 9.97. The molecule has 0 spiro atoms. The van der Waals surface area contributed by atoms with Gasteiger partial charge in [-0.2, -0.15) is 0 Å². The molecule has 1 aliphatic rings. The Morgan fingerprint density at radius 2 is 1.49 bits per heavy atom. The standard InChI is InChI=1S/C26H34O9/c1-6-11-16(3)23(28)33-20-19(15-27)32-26(31-5)22(21(20)34-24(29)17(4)12-7-2)35-25(30)18-13-9-8-10-14-18/h6-10,13-14,16-17,19-22,26-27H,1-2,11-12,15H2,3-5H3/t16-,17-,19-,20+,21+,22-,26+/m1/s1. The van der Waals surface area contributed by atoms with Gasteiger partial charge in [0.25, 0.3) is 0 Å². The summed E-state index contributed by atoms with van der Waals surface area (Å²) in [7, 11) is 1.32. The molecule has 0 aromatic heterocycles. The van der Waals surface area contributed by atoms with Gasteiger partial charge in [-0.3, -0.25) is 9.59 Å². The molecular weight excluding hydrogens is 456 g/mol. The lowest BCUT2D eigenvalue weighted by Crippen LogP contribution is -2.63. The molecule has 1 aliphatic heterocycles. The van der Waals surface area contributed by atoms with E-state index in [1.165, 1.54) is 7.11 Å². The second-order valence-corrected chi connectivity index (χ2v) is 8.35. The van der Waals surface area contributed by atoms with Crippen LogP contribution in [0.2, 0.25) is 0 Å². The summed E-state index contributed by atoms with van der Waals surface area (Å²) >= 11 is 0. The van der Waals surface area contributed by atoms with Crippen molar-refractivity contribution in [2.24, 2.45) is 11.8 Å². The second kappa shape index (κ2) is 13.8. The number of allylic oxidation sites excluding steroid dienone is 2. The van der Waals surface area contributed by atoms with E-state index in [0.29, 0.717) is 12.8 Å². The molecule has 1 saturated heterocycles. The maximum Gasteiger partial charge on any atom is 0.338 e. The molecule has 1 aromatic rings. The van der Waals surface area contributed by atoms with Gasteiger partial charge < -0.3 is 28.8 Å². The summed E-state index contributed by atoms with van der Waals surface area (Å²) in [5.41, 5.74) is 0.255. The van der Waals surface area contributed by atoms with Crippen LogP contribution in [0.25, 0.3) is 0 Å². The number of ether oxygens (including phenoxy) is 5. The van der Waals surface area contributed by atoms with E-state index >= 15 is 0 Å². The molecule has 0 amide bonds. The molecule has 0 aliphatic carbocycles. The Balaban J connectivity index is 2.43. The third kappa shape index (κ3) is 7.48. The van der Waals surface area contributed by atoms with E-state index < -0.39 is 67.1 Å². The van der Waals surface area contributed by atoms with E-state index in [9.17, 15) is 19.5 Å². The number of hydrogen-bond acceptors (Lipinski definition) is 9. The number of benzene rings is 1. The normalized spacial score (nSPS) is 25.5. The van der Waals surface area contributed by atoms with Crippen molar-refractivity contribution < 1.29 is 43.2 Å². The van der Waals surface area contributed by atoms with Crippen molar-refractivity contribution in [1.82, 2.24) is 0 Å². The minimum absolute atomic E-state index is 0.255. The van der Waals surface area contributed by atoms with Crippen LogP contribution in [0.3, 0.4) is 0 Å². The monoisotopic (exact) mass is 490 g/mol. The number of methoxy groups -OCH3 is 1. The Bertz CT molecular complexity index is 869. The van der Waals surface area contributed by atoms with Gasteiger partial charge >= 0.3 is 17.9 Å². The summed E-state index contributed by atoms with van der Waals surface area (Å²) in [5, 5.41) is 9.97. The zero-order valence-electron chi connectivity index (χ0n) is 20.3. The Hall–Kier alpha value is -3.01. The third-order valence-corrected chi connectivity index (χ3v) is 5.61. The van der Waals surface area contributed by atoms with Gasteiger partial charge in [-0.05, 0) is 25.0 Å². The number of carbonyl (C=O) groups excluding carboxylic acids is 3. The van der Waals surface area contributed by atoms with Crippen molar-refractivity contribution >= 4 is 17.9 Å². The van der Waals surface area contributed by atoms with Gasteiger partial charge in [0.05, 0.1) is 24.0 Å².